The van der Waals surface area contributed by atoms with Crippen LogP contribution < -0.4 is 0 Å². The largest absolute Gasteiger partial charge is 0.331 e. The van der Waals surface area contributed by atoms with Crippen molar-refractivity contribution in [1.29, 1.82) is 0 Å². The van der Waals surface area contributed by atoms with Crippen LogP contribution in [-0.2, 0) is 23.6 Å². The number of carbonyl (C=O) groups is 1. The summed E-state index contributed by atoms with van der Waals surface area (Å²) in [4.78, 5) is 14.8. The Labute approximate surface area is 186 Å². The average Bonchev–Trinajstić information content (AvgIpc) is 3.51. The number of carbonyl (C=O) groups excluding carboxylic acids is 1. The second-order valence-corrected chi connectivity index (χ2v) is 8.75. The third kappa shape index (κ3) is 3.91. The Morgan fingerprint density at radius 2 is 1.71 bits per heavy atom. The van der Waals surface area contributed by atoms with Gasteiger partial charge in [0, 0.05) is 23.7 Å². The number of nitrogens with zero attached hydrogens (tertiary/aromatic N) is 4. The number of hydrogen-bond donors (Lipinski definition) is 0. The van der Waals surface area contributed by atoms with E-state index in [2.05, 4.69) is 35.8 Å². The van der Waals surface area contributed by atoms with Gasteiger partial charge in [-0.15, -0.1) is 11.8 Å². The molecule has 1 amide bonds. The zero-order valence-electron chi connectivity index (χ0n) is 17.4. The normalized spacial score (nSPS) is 12.9. The average molecular weight is 429 g/mol. The molecule has 4 aromatic rings. The lowest BCUT2D eigenvalue weighted by atomic mass is 10.2. The van der Waals surface area contributed by atoms with Gasteiger partial charge < -0.3 is 9.47 Å². The van der Waals surface area contributed by atoms with E-state index in [4.69, 9.17) is 5.10 Å². The molecule has 2 aromatic carbocycles. The van der Waals surface area contributed by atoms with E-state index in [1.807, 2.05) is 64.4 Å². The number of aryl methyl sites for hydroxylation is 1. The van der Waals surface area contributed by atoms with Crippen molar-refractivity contribution in [2.45, 2.75) is 25.8 Å². The van der Waals surface area contributed by atoms with E-state index < -0.39 is 0 Å². The smallest absolute Gasteiger partial charge is 0.233 e. The molecule has 0 aliphatic carbocycles. The van der Waals surface area contributed by atoms with Crippen molar-refractivity contribution in [3.8, 4) is 11.5 Å². The van der Waals surface area contributed by atoms with Gasteiger partial charge in [-0.1, -0.05) is 48.5 Å². The van der Waals surface area contributed by atoms with Crippen molar-refractivity contribution in [2.24, 2.45) is 0 Å². The molecule has 6 heteroatoms. The van der Waals surface area contributed by atoms with Crippen LogP contribution in [0.25, 0.3) is 11.5 Å². The topological polar surface area (TPSA) is 43.1 Å². The van der Waals surface area contributed by atoms with Crippen LogP contribution >= 0.6 is 11.8 Å². The van der Waals surface area contributed by atoms with E-state index in [1.54, 1.807) is 11.8 Å². The van der Waals surface area contributed by atoms with E-state index in [1.165, 1.54) is 11.1 Å². The molecule has 0 unspecified atom stereocenters. The number of thioether (sulfide) groups is 1. The standard InChI is InChI=1S/C25H24N4OS/c1-19-9-5-6-12-23(19)29-25(27-13-7-8-14-27)21-15-28(16-22(21)26-29)24(30)18-31-17-20-10-3-2-4-11-20/h2-14H,15-18H2,1H3. The molecular formula is C25H24N4OS. The number of fused-ring (bicyclic) bond motifs is 1. The first-order valence-electron chi connectivity index (χ1n) is 10.4. The van der Waals surface area contributed by atoms with Gasteiger partial charge in [0.2, 0.25) is 5.91 Å². The molecule has 5 nitrogen and oxygen atoms in total. The summed E-state index contributed by atoms with van der Waals surface area (Å²) < 4.78 is 4.11. The van der Waals surface area contributed by atoms with Crippen LogP contribution in [0.4, 0.5) is 0 Å². The SMILES string of the molecule is Cc1ccccc1-n1nc2c(c1-n1cccc1)CN(C(=O)CSCc1ccccc1)C2. The molecule has 0 spiro atoms. The predicted molar refractivity (Wildman–Crippen MR) is 124 cm³/mol. The number of para-hydroxylation sites is 1. The zero-order chi connectivity index (χ0) is 21.2. The lowest BCUT2D eigenvalue weighted by Gasteiger charge is -2.18. The maximum atomic E-state index is 12.9. The van der Waals surface area contributed by atoms with Gasteiger partial charge in [-0.25, -0.2) is 4.68 Å². The van der Waals surface area contributed by atoms with E-state index in [0.717, 1.165) is 28.5 Å². The summed E-state index contributed by atoms with van der Waals surface area (Å²) in [6.45, 7) is 3.26. The fourth-order valence-corrected chi connectivity index (χ4v) is 4.90. The van der Waals surface area contributed by atoms with Crippen LogP contribution in [-0.4, -0.2) is 30.9 Å². The third-order valence-electron chi connectivity index (χ3n) is 5.61. The van der Waals surface area contributed by atoms with E-state index >= 15 is 0 Å². The van der Waals surface area contributed by atoms with Gasteiger partial charge in [0.15, 0.2) is 0 Å². The zero-order valence-corrected chi connectivity index (χ0v) is 18.3. The van der Waals surface area contributed by atoms with Crippen LogP contribution in [0.15, 0.2) is 79.1 Å². The number of amides is 1. The molecule has 5 rings (SSSR count). The monoisotopic (exact) mass is 428 g/mol. The van der Waals surface area contributed by atoms with Crippen molar-refractivity contribution in [3.05, 3.63) is 102 Å². The number of rotatable bonds is 6. The highest BCUT2D eigenvalue weighted by molar-refractivity contribution is 7.99. The molecule has 156 valence electrons. The van der Waals surface area contributed by atoms with Gasteiger partial charge in [0.1, 0.15) is 5.82 Å². The van der Waals surface area contributed by atoms with Gasteiger partial charge in [-0.2, -0.15) is 5.10 Å². The van der Waals surface area contributed by atoms with E-state index in [-0.39, 0.29) is 5.91 Å². The molecule has 0 atom stereocenters. The van der Waals surface area contributed by atoms with Crippen LogP contribution in [0.1, 0.15) is 22.4 Å². The molecule has 0 saturated carbocycles. The quantitative estimate of drug-likeness (QED) is 0.445. The molecular weight excluding hydrogens is 404 g/mol. The maximum absolute atomic E-state index is 12.9. The lowest BCUT2D eigenvalue weighted by molar-refractivity contribution is -0.128. The Balaban J connectivity index is 1.36. The fraction of sp³-hybridized carbons (Fsp3) is 0.200. The minimum Gasteiger partial charge on any atom is -0.331 e. The highest BCUT2D eigenvalue weighted by atomic mass is 32.2. The van der Waals surface area contributed by atoms with Crippen LogP contribution in [0.3, 0.4) is 0 Å². The van der Waals surface area contributed by atoms with Crippen LogP contribution in [0, 0.1) is 6.92 Å². The van der Waals surface area contributed by atoms with Crippen LogP contribution in [0.2, 0.25) is 0 Å². The molecule has 0 fully saturated rings. The highest BCUT2D eigenvalue weighted by Gasteiger charge is 2.31. The Morgan fingerprint density at radius 3 is 2.48 bits per heavy atom. The lowest BCUT2D eigenvalue weighted by Crippen LogP contribution is -2.28. The first kappa shape index (κ1) is 19.7. The van der Waals surface area contributed by atoms with Gasteiger partial charge in [0.05, 0.1) is 30.2 Å². The van der Waals surface area contributed by atoms with Crippen LogP contribution in [0.5, 0.6) is 0 Å². The molecule has 3 heterocycles. The predicted octanol–water partition coefficient (Wildman–Crippen LogP) is 4.75. The van der Waals surface area contributed by atoms with Crippen molar-refractivity contribution in [1.82, 2.24) is 19.2 Å². The first-order chi connectivity index (χ1) is 15.2. The van der Waals surface area contributed by atoms with Crippen molar-refractivity contribution in [2.75, 3.05) is 5.75 Å². The third-order valence-corrected chi connectivity index (χ3v) is 6.60. The van der Waals surface area contributed by atoms with E-state index in [0.29, 0.717) is 18.8 Å². The van der Waals surface area contributed by atoms with Crippen molar-refractivity contribution in [3.63, 3.8) is 0 Å². The maximum Gasteiger partial charge on any atom is 0.233 e. The Bertz CT molecular complexity index is 1200. The summed E-state index contributed by atoms with van der Waals surface area (Å²) in [7, 11) is 0. The Morgan fingerprint density at radius 1 is 0.968 bits per heavy atom. The van der Waals surface area contributed by atoms with E-state index in [9.17, 15) is 4.79 Å². The molecule has 1 aliphatic heterocycles. The van der Waals surface area contributed by atoms with Gasteiger partial charge in [-0.05, 0) is 36.2 Å². The second kappa shape index (κ2) is 8.47. The number of aromatic nitrogens is 3. The summed E-state index contributed by atoms with van der Waals surface area (Å²) >= 11 is 1.66. The minimum atomic E-state index is 0.167. The summed E-state index contributed by atoms with van der Waals surface area (Å²) in [5.41, 5.74) is 5.59. The summed E-state index contributed by atoms with van der Waals surface area (Å²) in [5, 5.41) is 4.93. The Kier molecular flexibility index (Phi) is 5.38. The number of hydrogen-bond acceptors (Lipinski definition) is 3. The Hall–Kier alpha value is -3.25. The molecule has 2 aromatic heterocycles. The molecule has 0 N–H and O–H groups in total. The summed E-state index contributed by atoms with van der Waals surface area (Å²) in [6, 6.07) is 22.6. The van der Waals surface area contributed by atoms with Crippen molar-refractivity contribution >= 4 is 17.7 Å². The molecule has 0 radical (unpaired) electrons. The summed E-state index contributed by atoms with van der Waals surface area (Å²) in [6.07, 6.45) is 4.07. The second-order valence-electron chi connectivity index (χ2n) is 7.77. The highest BCUT2D eigenvalue weighted by Crippen LogP contribution is 2.31. The summed E-state index contributed by atoms with van der Waals surface area (Å²) in [5.74, 6) is 2.51. The number of benzene rings is 2. The molecule has 1 aliphatic rings. The fourth-order valence-electron chi connectivity index (χ4n) is 4.01. The van der Waals surface area contributed by atoms with Gasteiger partial charge in [-0.3, -0.25) is 4.79 Å². The first-order valence-corrected chi connectivity index (χ1v) is 11.6. The van der Waals surface area contributed by atoms with Crippen molar-refractivity contribution < 1.29 is 4.79 Å². The van der Waals surface area contributed by atoms with Gasteiger partial charge in [0.25, 0.3) is 0 Å². The molecule has 0 bridgehead atoms. The minimum absolute atomic E-state index is 0.167. The molecule has 0 saturated heterocycles. The molecule has 31 heavy (non-hydrogen) atoms. The van der Waals surface area contributed by atoms with Gasteiger partial charge >= 0.3 is 0 Å².